The Kier molecular flexibility index (Phi) is 4.81. The second-order valence-electron chi connectivity index (χ2n) is 7.11. The molecule has 0 spiro atoms. The molecule has 0 aromatic rings. The highest BCUT2D eigenvalue weighted by atomic mass is 16.3. The summed E-state index contributed by atoms with van der Waals surface area (Å²) in [6.07, 6.45) is 16.3. The van der Waals surface area contributed by atoms with E-state index in [1.165, 1.54) is 77.2 Å². The van der Waals surface area contributed by atoms with Gasteiger partial charge in [0.05, 0.1) is 6.10 Å². The molecule has 0 radical (unpaired) electrons. The van der Waals surface area contributed by atoms with Gasteiger partial charge in [0.15, 0.2) is 0 Å². The van der Waals surface area contributed by atoms with Gasteiger partial charge in [-0.15, -0.1) is 0 Å². The van der Waals surface area contributed by atoms with E-state index in [0.717, 1.165) is 12.5 Å². The maximum atomic E-state index is 10.3. The lowest BCUT2D eigenvalue weighted by atomic mass is 9.85. The zero-order valence-corrected chi connectivity index (χ0v) is 12.4. The SMILES string of the molecule is OC1CCCC1C1CCCCN1C1CCCCCC1. The van der Waals surface area contributed by atoms with Gasteiger partial charge in [-0.3, -0.25) is 4.90 Å². The van der Waals surface area contributed by atoms with E-state index in [0.29, 0.717) is 12.0 Å². The van der Waals surface area contributed by atoms with E-state index in [1.807, 2.05) is 0 Å². The van der Waals surface area contributed by atoms with Crippen molar-refractivity contribution in [1.82, 2.24) is 4.90 Å². The number of aliphatic hydroxyl groups is 1. The highest BCUT2D eigenvalue weighted by molar-refractivity contribution is 4.93. The van der Waals surface area contributed by atoms with Gasteiger partial charge < -0.3 is 5.11 Å². The van der Waals surface area contributed by atoms with Crippen LogP contribution in [0.3, 0.4) is 0 Å². The van der Waals surface area contributed by atoms with E-state index < -0.39 is 0 Å². The summed E-state index contributed by atoms with van der Waals surface area (Å²) in [6.45, 7) is 1.30. The van der Waals surface area contributed by atoms with Crippen molar-refractivity contribution in [2.75, 3.05) is 6.54 Å². The summed E-state index contributed by atoms with van der Waals surface area (Å²) in [4.78, 5) is 2.84. The molecule has 3 unspecified atom stereocenters. The van der Waals surface area contributed by atoms with E-state index in [-0.39, 0.29) is 6.10 Å². The molecule has 3 aliphatic rings. The zero-order valence-electron chi connectivity index (χ0n) is 12.4. The number of rotatable bonds is 2. The molecule has 2 heteroatoms. The molecule has 0 aromatic carbocycles. The van der Waals surface area contributed by atoms with Gasteiger partial charge in [-0.1, -0.05) is 38.5 Å². The van der Waals surface area contributed by atoms with Gasteiger partial charge >= 0.3 is 0 Å². The van der Waals surface area contributed by atoms with Gasteiger partial charge in [0, 0.05) is 18.0 Å². The van der Waals surface area contributed by atoms with E-state index in [9.17, 15) is 5.11 Å². The topological polar surface area (TPSA) is 23.5 Å². The molecule has 1 saturated heterocycles. The van der Waals surface area contributed by atoms with Crippen molar-refractivity contribution in [3.8, 4) is 0 Å². The van der Waals surface area contributed by atoms with Crippen molar-refractivity contribution in [3.05, 3.63) is 0 Å². The summed E-state index contributed by atoms with van der Waals surface area (Å²) >= 11 is 0. The third-order valence-corrected chi connectivity index (χ3v) is 5.91. The predicted octanol–water partition coefficient (Wildman–Crippen LogP) is 3.72. The maximum absolute atomic E-state index is 10.3. The van der Waals surface area contributed by atoms with E-state index >= 15 is 0 Å². The number of hydrogen-bond acceptors (Lipinski definition) is 2. The largest absolute Gasteiger partial charge is 0.393 e. The lowest BCUT2D eigenvalue weighted by Crippen LogP contribution is -2.51. The van der Waals surface area contributed by atoms with E-state index in [1.54, 1.807) is 0 Å². The standard InChI is InChI=1S/C17H31NO/c19-17-12-7-10-15(17)16-11-5-6-13-18(16)14-8-3-1-2-4-9-14/h14-17,19H,1-13H2. The maximum Gasteiger partial charge on any atom is 0.0583 e. The second kappa shape index (κ2) is 6.58. The van der Waals surface area contributed by atoms with Crippen molar-refractivity contribution in [2.45, 2.75) is 95.2 Å². The third-order valence-electron chi connectivity index (χ3n) is 5.91. The van der Waals surface area contributed by atoms with Gasteiger partial charge in [-0.05, 0) is 45.1 Å². The van der Waals surface area contributed by atoms with Crippen molar-refractivity contribution < 1.29 is 5.11 Å². The third kappa shape index (κ3) is 3.16. The summed E-state index contributed by atoms with van der Waals surface area (Å²) < 4.78 is 0. The van der Waals surface area contributed by atoms with Gasteiger partial charge in [-0.2, -0.15) is 0 Å². The molecule has 3 atom stereocenters. The van der Waals surface area contributed by atoms with Crippen LogP contribution in [0.15, 0.2) is 0 Å². The van der Waals surface area contributed by atoms with Crippen LogP contribution in [0.1, 0.15) is 77.0 Å². The number of piperidine rings is 1. The minimum atomic E-state index is -0.00335. The molecule has 1 heterocycles. The van der Waals surface area contributed by atoms with Crippen LogP contribution in [-0.2, 0) is 0 Å². The van der Waals surface area contributed by atoms with Gasteiger partial charge in [0.25, 0.3) is 0 Å². The zero-order chi connectivity index (χ0) is 13.1. The first-order chi connectivity index (χ1) is 9.36. The Morgan fingerprint density at radius 3 is 2.11 bits per heavy atom. The molecule has 1 N–H and O–H groups in total. The lowest BCUT2D eigenvalue weighted by molar-refractivity contribution is 0.00758. The molecule has 0 aromatic heterocycles. The number of likely N-dealkylation sites (tertiary alicyclic amines) is 1. The molecule has 3 rings (SSSR count). The second-order valence-corrected chi connectivity index (χ2v) is 7.11. The first kappa shape index (κ1) is 13.9. The highest BCUT2D eigenvalue weighted by Crippen LogP contribution is 2.37. The summed E-state index contributed by atoms with van der Waals surface area (Å²) in [7, 11) is 0. The van der Waals surface area contributed by atoms with Crippen LogP contribution < -0.4 is 0 Å². The molecule has 110 valence electrons. The van der Waals surface area contributed by atoms with Gasteiger partial charge in [0.2, 0.25) is 0 Å². The Balaban J connectivity index is 1.68. The van der Waals surface area contributed by atoms with Crippen LogP contribution in [0.4, 0.5) is 0 Å². The van der Waals surface area contributed by atoms with E-state index in [4.69, 9.17) is 0 Å². The van der Waals surface area contributed by atoms with Crippen LogP contribution >= 0.6 is 0 Å². The summed E-state index contributed by atoms with van der Waals surface area (Å²) in [5.41, 5.74) is 0. The molecule has 0 amide bonds. The fourth-order valence-corrected chi connectivity index (χ4v) is 4.90. The fourth-order valence-electron chi connectivity index (χ4n) is 4.90. The van der Waals surface area contributed by atoms with Crippen LogP contribution in [-0.4, -0.2) is 34.7 Å². The number of aliphatic hydroxyl groups excluding tert-OH is 1. The minimum absolute atomic E-state index is 0.00335. The molecule has 2 nitrogen and oxygen atoms in total. The van der Waals surface area contributed by atoms with Crippen molar-refractivity contribution in [2.24, 2.45) is 5.92 Å². The molecule has 2 saturated carbocycles. The number of hydrogen-bond donors (Lipinski definition) is 1. The Labute approximate surface area is 118 Å². The van der Waals surface area contributed by atoms with E-state index in [2.05, 4.69) is 4.90 Å². The fraction of sp³-hybridized carbons (Fsp3) is 1.00. The van der Waals surface area contributed by atoms with Crippen LogP contribution in [0.2, 0.25) is 0 Å². The average molecular weight is 265 g/mol. The van der Waals surface area contributed by atoms with Crippen LogP contribution in [0, 0.1) is 5.92 Å². The van der Waals surface area contributed by atoms with Crippen LogP contribution in [0.5, 0.6) is 0 Å². The quantitative estimate of drug-likeness (QED) is 0.769. The van der Waals surface area contributed by atoms with Crippen LogP contribution in [0.25, 0.3) is 0 Å². The van der Waals surface area contributed by atoms with Gasteiger partial charge in [-0.25, -0.2) is 0 Å². The smallest absolute Gasteiger partial charge is 0.0583 e. The first-order valence-corrected chi connectivity index (χ1v) is 8.80. The molecule has 19 heavy (non-hydrogen) atoms. The highest BCUT2D eigenvalue weighted by Gasteiger charge is 2.39. The Bertz CT molecular complexity index is 272. The number of nitrogens with zero attached hydrogens (tertiary/aromatic N) is 1. The Morgan fingerprint density at radius 1 is 0.684 bits per heavy atom. The van der Waals surface area contributed by atoms with Gasteiger partial charge in [0.1, 0.15) is 0 Å². The summed E-state index contributed by atoms with van der Waals surface area (Å²) in [6, 6.07) is 1.54. The van der Waals surface area contributed by atoms with Crippen molar-refractivity contribution in [1.29, 1.82) is 0 Å². The minimum Gasteiger partial charge on any atom is -0.393 e. The lowest BCUT2D eigenvalue weighted by Gasteiger charge is -2.44. The first-order valence-electron chi connectivity index (χ1n) is 8.80. The molecule has 2 aliphatic carbocycles. The average Bonchev–Trinajstić information content (AvgIpc) is 2.71. The monoisotopic (exact) mass is 265 g/mol. The summed E-state index contributed by atoms with van der Waals surface area (Å²) in [5.74, 6) is 0.587. The Hall–Kier alpha value is -0.0800. The molecule has 0 bridgehead atoms. The molecular formula is C17H31NO. The van der Waals surface area contributed by atoms with Crippen molar-refractivity contribution in [3.63, 3.8) is 0 Å². The predicted molar refractivity (Wildman–Crippen MR) is 79.2 cm³/mol. The normalized spacial score (nSPS) is 39.3. The molecule has 1 aliphatic heterocycles. The summed E-state index contributed by atoms with van der Waals surface area (Å²) in [5, 5.41) is 10.3. The van der Waals surface area contributed by atoms with Crippen molar-refractivity contribution >= 4 is 0 Å². The Morgan fingerprint density at radius 2 is 1.42 bits per heavy atom. The molecule has 3 fully saturated rings. The molecular weight excluding hydrogens is 234 g/mol.